The molecule has 1 N–H and O–H groups in total. The Morgan fingerprint density at radius 2 is 2.06 bits per heavy atom. The van der Waals surface area contributed by atoms with Gasteiger partial charge in [0.1, 0.15) is 17.1 Å². The van der Waals surface area contributed by atoms with Gasteiger partial charge in [0.25, 0.3) is 6.43 Å². The van der Waals surface area contributed by atoms with Crippen LogP contribution in [0.15, 0.2) is 24.4 Å². The van der Waals surface area contributed by atoms with E-state index in [0.717, 1.165) is 4.68 Å². The summed E-state index contributed by atoms with van der Waals surface area (Å²) in [6, 6.07) is 5.72. The van der Waals surface area contributed by atoms with E-state index in [4.69, 9.17) is 4.74 Å². The number of fused-ring (bicyclic) bond motifs is 2. The zero-order valence-electron chi connectivity index (χ0n) is 18.3. The lowest BCUT2D eigenvalue weighted by molar-refractivity contribution is 0.0866. The summed E-state index contributed by atoms with van der Waals surface area (Å²) in [4.78, 5) is 4.31. The molecule has 3 aromatic heterocycles. The maximum atomic E-state index is 15.1. The summed E-state index contributed by atoms with van der Waals surface area (Å²) < 4.78 is 49.4. The SMILES string of the molecule is COc1nc(NCC(C)(C)C#N)nn2cc(F)c(-c3ccc4nnn([C@@H](C)C(F)F)c4c3)c12. The van der Waals surface area contributed by atoms with E-state index >= 15 is 4.39 Å². The van der Waals surface area contributed by atoms with Crippen molar-refractivity contribution < 1.29 is 17.9 Å². The molecule has 0 radical (unpaired) electrons. The highest BCUT2D eigenvalue weighted by Gasteiger charge is 2.24. The summed E-state index contributed by atoms with van der Waals surface area (Å²) in [5, 5.41) is 24.2. The number of rotatable bonds is 7. The van der Waals surface area contributed by atoms with Gasteiger partial charge in [-0.2, -0.15) is 10.2 Å². The Morgan fingerprint density at radius 3 is 2.73 bits per heavy atom. The van der Waals surface area contributed by atoms with E-state index in [0.29, 0.717) is 16.6 Å². The summed E-state index contributed by atoms with van der Waals surface area (Å²) in [6.45, 7) is 5.12. The summed E-state index contributed by atoms with van der Waals surface area (Å²) in [7, 11) is 1.40. The molecule has 0 saturated heterocycles. The van der Waals surface area contributed by atoms with Gasteiger partial charge < -0.3 is 10.1 Å². The van der Waals surface area contributed by atoms with Crippen molar-refractivity contribution in [3.63, 3.8) is 0 Å². The van der Waals surface area contributed by atoms with Crippen LogP contribution in [-0.2, 0) is 0 Å². The van der Waals surface area contributed by atoms with Crippen LogP contribution < -0.4 is 10.1 Å². The van der Waals surface area contributed by atoms with Crippen molar-refractivity contribution in [3.05, 3.63) is 30.2 Å². The van der Waals surface area contributed by atoms with E-state index in [1.165, 1.54) is 24.7 Å². The minimum Gasteiger partial charge on any atom is -0.479 e. The Labute approximate surface area is 186 Å². The van der Waals surface area contributed by atoms with Gasteiger partial charge in [-0.15, -0.1) is 10.2 Å². The third-order valence-electron chi connectivity index (χ3n) is 5.25. The van der Waals surface area contributed by atoms with E-state index in [1.54, 1.807) is 32.0 Å². The number of nitrogens with zero attached hydrogens (tertiary/aromatic N) is 7. The molecule has 0 saturated carbocycles. The molecule has 33 heavy (non-hydrogen) atoms. The smallest absolute Gasteiger partial charge is 0.260 e. The second kappa shape index (κ2) is 8.23. The molecule has 3 heterocycles. The van der Waals surface area contributed by atoms with Crippen LogP contribution in [0.25, 0.3) is 27.7 Å². The number of aromatic nitrogens is 6. The molecule has 1 atom stereocenters. The summed E-state index contributed by atoms with van der Waals surface area (Å²) >= 11 is 0. The van der Waals surface area contributed by atoms with Crippen molar-refractivity contribution in [2.75, 3.05) is 19.0 Å². The van der Waals surface area contributed by atoms with Gasteiger partial charge in [0.15, 0.2) is 5.82 Å². The first-order valence-electron chi connectivity index (χ1n) is 10.1. The van der Waals surface area contributed by atoms with Crippen LogP contribution in [0.1, 0.15) is 26.8 Å². The average molecular weight is 458 g/mol. The first-order valence-corrected chi connectivity index (χ1v) is 10.1. The van der Waals surface area contributed by atoms with Gasteiger partial charge in [0.05, 0.1) is 35.9 Å². The molecule has 0 unspecified atom stereocenters. The third kappa shape index (κ3) is 4.02. The predicted octanol–water partition coefficient (Wildman–Crippen LogP) is 4.08. The Balaban J connectivity index is 1.83. The van der Waals surface area contributed by atoms with E-state index < -0.39 is 23.7 Å². The van der Waals surface area contributed by atoms with Crippen LogP contribution in [-0.4, -0.2) is 49.7 Å². The summed E-state index contributed by atoms with van der Waals surface area (Å²) in [6.07, 6.45) is -1.46. The Hall–Kier alpha value is -3.88. The van der Waals surface area contributed by atoms with Crippen molar-refractivity contribution in [1.29, 1.82) is 5.26 Å². The highest BCUT2D eigenvalue weighted by atomic mass is 19.3. The fraction of sp³-hybridized carbons (Fsp3) is 0.381. The summed E-state index contributed by atoms with van der Waals surface area (Å²) in [5.41, 5.74) is 0.901. The highest BCUT2D eigenvalue weighted by Crippen LogP contribution is 2.35. The van der Waals surface area contributed by atoms with Crippen LogP contribution in [0.2, 0.25) is 0 Å². The van der Waals surface area contributed by atoms with Gasteiger partial charge in [-0.25, -0.2) is 22.4 Å². The zero-order chi connectivity index (χ0) is 23.9. The molecule has 172 valence electrons. The lowest BCUT2D eigenvalue weighted by Crippen LogP contribution is -2.22. The molecule has 0 aliphatic carbocycles. The molecule has 0 aliphatic heterocycles. The van der Waals surface area contributed by atoms with Crippen LogP contribution in [0.3, 0.4) is 0 Å². The minimum atomic E-state index is -2.64. The number of nitriles is 1. The zero-order valence-corrected chi connectivity index (χ0v) is 18.3. The molecule has 1 aromatic carbocycles. The standard InChI is InChI=1S/C21H21F3N8O/c1-11(18(23)24)32-15-7-12(5-6-14(15)28-30-32)16-13(22)8-31-17(16)19(33-4)27-20(29-31)26-10-21(2,3)9-25/h5-8,11,18H,10H2,1-4H3,(H,26,29)/t11-/m0/s1. The molecule has 0 fully saturated rings. The molecule has 4 aromatic rings. The largest absolute Gasteiger partial charge is 0.479 e. The van der Waals surface area contributed by atoms with Gasteiger partial charge in [0, 0.05) is 6.54 Å². The van der Waals surface area contributed by atoms with Gasteiger partial charge in [-0.3, -0.25) is 0 Å². The van der Waals surface area contributed by atoms with Crippen LogP contribution in [0.5, 0.6) is 5.88 Å². The number of halogens is 3. The van der Waals surface area contributed by atoms with Crippen molar-refractivity contribution in [1.82, 2.24) is 29.6 Å². The fourth-order valence-corrected chi connectivity index (χ4v) is 3.35. The quantitative estimate of drug-likeness (QED) is 0.445. The molecule has 9 nitrogen and oxygen atoms in total. The predicted molar refractivity (Wildman–Crippen MR) is 115 cm³/mol. The molecule has 0 amide bonds. The number of hydrogen-bond acceptors (Lipinski definition) is 7. The maximum Gasteiger partial charge on any atom is 0.260 e. The number of alkyl halides is 2. The van der Waals surface area contributed by atoms with Crippen molar-refractivity contribution >= 4 is 22.5 Å². The maximum absolute atomic E-state index is 15.1. The first-order chi connectivity index (χ1) is 15.6. The van der Waals surface area contributed by atoms with Gasteiger partial charge >= 0.3 is 0 Å². The van der Waals surface area contributed by atoms with Crippen LogP contribution in [0, 0.1) is 22.6 Å². The monoisotopic (exact) mass is 458 g/mol. The van der Waals surface area contributed by atoms with E-state index in [9.17, 15) is 14.0 Å². The number of hydrogen-bond donors (Lipinski definition) is 1. The summed E-state index contributed by atoms with van der Waals surface area (Å²) in [5.74, 6) is -0.334. The Morgan fingerprint density at radius 1 is 1.30 bits per heavy atom. The number of benzene rings is 1. The molecular formula is C21H21F3N8O. The first kappa shape index (κ1) is 22.3. The van der Waals surface area contributed by atoms with E-state index in [1.807, 2.05) is 0 Å². The van der Waals surface area contributed by atoms with Crippen LogP contribution >= 0.6 is 0 Å². The number of nitrogens with one attached hydrogen (secondary N) is 1. The molecule has 4 rings (SSSR count). The second-order valence-electron chi connectivity index (χ2n) is 8.25. The van der Waals surface area contributed by atoms with Crippen LogP contribution in [0.4, 0.5) is 19.1 Å². The van der Waals surface area contributed by atoms with Gasteiger partial charge in [-0.05, 0) is 38.5 Å². The van der Waals surface area contributed by atoms with E-state index in [2.05, 4.69) is 31.8 Å². The Kier molecular flexibility index (Phi) is 5.57. The number of ether oxygens (including phenoxy) is 1. The van der Waals surface area contributed by atoms with Crippen molar-refractivity contribution in [2.24, 2.45) is 5.41 Å². The number of methoxy groups -OCH3 is 1. The van der Waals surface area contributed by atoms with Crippen molar-refractivity contribution in [2.45, 2.75) is 33.2 Å². The topological polar surface area (TPSA) is 106 Å². The van der Waals surface area contributed by atoms with E-state index in [-0.39, 0.29) is 29.5 Å². The fourth-order valence-electron chi connectivity index (χ4n) is 3.35. The van der Waals surface area contributed by atoms with Crippen molar-refractivity contribution in [3.8, 4) is 23.1 Å². The molecule has 0 aliphatic rings. The lowest BCUT2D eigenvalue weighted by atomic mass is 9.96. The average Bonchev–Trinajstić information content (AvgIpc) is 3.36. The third-order valence-corrected chi connectivity index (χ3v) is 5.25. The second-order valence-corrected chi connectivity index (χ2v) is 8.25. The minimum absolute atomic E-state index is 0.105. The number of anilines is 1. The molecule has 12 heteroatoms. The molecule has 0 spiro atoms. The van der Waals surface area contributed by atoms with Gasteiger partial charge in [-0.1, -0.05) is 11.3 Å². The molecule has 0 bridgehead atoms. The van der Waals surface area contributed by atoms with Gasteiger partial charge in [0.2, 0.25) is 11.8 Å². The highest BCUT2D eigenvalue weighted by molar-refractivity contribution is 5.89. The lowest BCUT2D eigenvalue weighted by Gasteiger charge is -2.16. The Bertz CT molecular complexity index is 1370. The molecular weight excluding hydrogens is 437 g/mol. The normalized spacial score (nSPS) is 12.9.